The summed E-state index contributed by atoms with van der Waals surface area (Å²) in [5.74, 6) is 0.320. The molecule has 2 unspecified atom stereocenters. The summed E-state index contributed by atoms with van der Waals surface area (Å²) < 4.78 is 0. The van der Waals surface area contributed by atoms with Gasteiger partial charge in [0.15, 0.2) is 5.78 Å². The van der Waals surface area contributed by atoms with Gasteiger partial charge in [-0.15, -0.1) is 0 Å². The molecule has 1 aromatic heterocycles. The zero-order valence-corrected chi connectivity index (χ0v) is 15.7. The number of carbonyl (C=O) groups excluding carboxylic acids is 1. The predicted octanol–water partition coefficient (Wildman–Crippen LogP) is 4.04. The number of hydrogen-bond donors (Lipinski definition) is 2. The molecule has 0 spiro atoms. The molecule has 23 heavy (non-hydrogen) atoms. The summed E-state index contributed by atoms with van der Waals surface area (Å²) in [6.07, 6.45) is 5.55. The van der Waals surface area contributed by atoms with E-state index >= 15 is 0 Å². The second-order valence-corrected chi connectivity index (χ2v) is 5.54. The fourth-order valence-electron chi connectivity index (χ4n) is 2.57. The van der Waals surface area contributed by atoms with Gasteiger partial charge in [-0.1, -0.05) is 48.1 Å². The number of likely N-dealkylation sites (N-methyl/N-ethyl adjacent to an activating group) is 1. The number of aromatic amines is 1. The van der Waals surface area contributed by atoms with E-state index in [9.17, 15) is 4.79 Å². The maximum atomic E-state index is 12.5. The van der Waals surface area contributed by atoms with Crippen molar-refractivity contribution in [3.05, 3.63) is 29.6 Å². The van der Waals surface area contributed by atoms with Crippen molar-refractivity contribution in [3.8, 4) is 0 Å². The van der Waals surface area contributed by atoms with Gasteiger partial charge in [-0.25, -0.2) is 0 Å². The first kappa shape index (κ1) is 21.3. The van der Waals surface area contributed by atoms with E-state index in [-0.39, 0.29) is 23.7 Å². The molecule has 0 saturated carbocycles. The van der Waals surface area contributed by atoms with Crippen LogP contribution < -0.4 is 5.32 Å². The maximum absolute atomic E-state index is 12.5. The molecule has 130 valence electrons. The largest absolute Gasteiger partial charge is 0.361 e. The lowest BCUT2D eigenvalue weighted by Crippen LogP contribution is -2.43. The van der Waals surface area contributed by atoms with Crippen molar-refractivity contribution in [2.75, 3.05) is 13.6 Å². The van der Waals surface area contributed by atoms with Gasteiger partial charge in [-0.05, 0) is 18.2 Å². The number of aliphatic imine (C=N–C) groups is 1. The summed E-state index contributed by atoms with van der Waals surface area (Å²) in [5, 5.41) is 3.32. The van der Waals surface area contributed by atoms with E-state index in [1.165, 1.54) is 0 Å². The van der Waals surface area contributed by atoms with Crippen molar-refractivity contribution in [2.24, 2.45) is 10.9 Å². The minimum atomic E-state index is -0.188. The van der Waals surface area contributed by atoms with Gasteiger partial charge in [0.25, 0.3) is 0 Å². The molecule has 2 atom stereocenters. The van der Waals surface area contributed by atoms with Gasteiger partial charge < -0.3 is 10.3 Å². The van der Waals surface area contributed by atoms with Crippen molar-refractivity contribution >= 4 is 18.1 Å². The highest BCUT2D eigenvalue weighted by Crippen LogP contribution is 2.27. The minimum absolute atomic E-state index is 0.0117. The fourth-order valence-corrected chi connectivity index (χ4v) is 2.57. The lowest BCUT2D eigenvalue weighted by molar-refractivity contribution is -0.124. The quantitative estimate of drug-likeness (QED) is 0.711. The lowest BCUT2D eigenvalue weighted by atomic mass is 9.86. The van der Waals surface area contributed by atoms with Crippen LogP contribution in [0.5, 0.6) is 0 Å². The van der Waals surface area contributed by atoms with E-state index in [0.717, 1.165) is 23.4 Å². The van der Waals surface area contributed by atoms with Crippen molar-refractivity contribution in [3.63, 3.8) is 0 Å². The summed E-state index contributed by atoms with van der Waals surface area (Å²) in [6.45, 7) is 16.6. The van der Waals surface area contributed by atoms with Crippen LogP contribution in [0.15, 0.2) is 17.8 Å². The SMILES string of the molecule is C=Cc1[nH]cc(C(C)C(NCC)C(=O)C(C)C)c1C=NC.CC. The molecule has 0 aliphatic heterocycles. The third-order valence-corrected chi connectivity index (χ3v) is 3.74. The highest BCUT2D eigenvalue weighted by Gasteiger charge is 2.29. The Kier molecular flexibility index (Phi) is 10.1. The van der Waals surface area contributed by atoms with Crippen LogP contribution in [0.4, 0.5) is 0 Å². The van der Waals surface area contributed by atoms with Crippen LogP contribution in [0, 0.1) is 5.92 Å². The lowest BCUT2D eigenvalue weighted by Gasteiger charge is -2.25. The van der Waals surface area contributed by atoms with Gasteiger partial charge in [0.05, 0.1) is 6.04 Å². The molecule has 1 aromatic rings. The third-order valence-electron chi connectivity index (χ3n) is 3.74. The minimum Gasteiger partial charge on any atom is -0.361 e. The molecule has 0 aromatic carbocycles. The van der Waals surface area contributed by atoms with Crippen molar-refractivity contribution in [2.45, 2.75) is 53.5 Å². The Hall–Kier alpha value is -1.68. The standard InChI is InChI=1S/C17H27N3O.C2H6/c1-7-15-14(9-18-6)13(10-20-15)12(5)16(19-8-2)17(21)11(3)4;1-2/h7,9-12,16,19-20H,1,8H2,2-6H3;1-2H3. The Labute approximate surface area is 141 Å². The van der Waals surface area contributed by atoms with Gasteiger partial charge in [-0.3, -0.25) is 9.79 Å². The van der Waals surface area contributed by atoms with E-state index in [2.05, 4.69) is 28.8 Å². The number of rotatable bonds is 8. The number of hydrogen-bond acceptors (Lipinski definition) is 3. The van der Waals surface area contributed by atoms with E-state index in [1.807, 2.05) is 47.0 Å². The Morgan fingerprint density at radius 2 is 2.00 bits per heavy atom. The van der Waals surface area contributed by atoms with Gasteiger partial charge in [-0.2, -0.15) is 0 Å². The smallest absolute Gasteiger partial charge is 0.152 e. The first-order chi connectivity index (χ1) is 11.0. The van der Waals surface area contributed by atoms with Crippen molar-refractivity contribution < 1.29 is 4.79 Å². The van der Waals surface area contributed by atoms with Gasteiger partial charge in [0.1, 0.15) is 0 Å². The number of ketones is 1. The topological polar surface area (TPSA) is 57.2 Å². The molecule has 1 rings (SSSR count). The van der Waals surface area contributed by atoms with Crippen LogP contribution in [-0.4, -0.2) is 36.6 Å². The van der Waals surface area contributed by atoms with Crippen LogP contribution in [0.3, 0.4) is 0 Å². The van der Waals surface area contributed by atoms with Crippen LogP contribution in [0.1, 0.15) is 64.3 Å². The molecule has 4 nitrogen and oxygen atoms in total. The summed E-state index contributed by atoms with van der Waals surface area (Å²) >= 11 is 0. The first-order valence-corrected chi connectivity index (χ1v) is 8.50. The molecule has 0 aliphatic rings. The van der Waals surface area contributed by atoms with E-state index in [1.54, 1.807) is 13.1 Å². The normalized spacial score (nSPS) is 13.6. The van der Waals surface area contributed by atoms with Gasteiger partial charge in [0, 0.05) is 42.6 Å². The average molecular weight is 319 g/mol. The zero-order chi connectivity index (χ0) is 18.0. The summed E-state index contributed by atoms with van der Waals surface area (Å²) in [5.41, 5.74) is 3.05. The summed E-state index contributed by atoms with van der Waals surface area (Å²) in [4.78, 5) is 19.8. The molecular weight excluding hydrogens is 286 g/mol. The number of Topliss-reactive ketones (excluding diaryl/α,β-unsaturated/α-hetero) is 1. The molecular formula is C19H33N3O. The number of nitrogens with one attached hydrogen (secondary N) is 2. The zero-order valence-electron chi connectivity index (χ0n) is 15.7. The Morgan fingerprint density at radius 3 is 2.43 bits per heavy atom. The second kappa shape index (κ2) is 10.9. The number of nitrogens with zero attached hydrogens (tertiary/aromatic N) is 1. The number of carbonyl (C=O) groups is 1. The van der Waals surface area contributed by atoms with E-state index < -0.39 is 0 Å². The van der Waals surface area contributed by atoms with Crippen molar-refractivity contribution in [1.82, 2.24) is 10.3 Å². The highest BCUT2D eigenvalue weighted by molar-refractivity contribution is 5.89. The van der Waals surface area contributed by atoms with Crippen LogP contribution in [0.25, 0.3) is 6.08 Å². The monoisotopic (exact) mass is 319 g/mol. The van der Waals surface area contributed by atoms with Crippen LogP contribution >= 0.6 is 0 Å². The highest BCUT2D eigenvalue weighted by atomic mass is 16.1. The Morgan fingerprint density at radius 1 is 1.39 bits per heavy atom. The predicted molar refractivity (Wildman–Crippen MR) is 101 cm³/mol. The molecule has 0 saturated heterocycles. The summed E-state index contributed by atoms with van der Waals surface area (Å²) in [6, 6.07) is -0.188. The van der Waals surface area contributed by atoms with Crippen LogP contribution in [-0.2, 0) is 4.79 Å². The van der Waals surface area contributed by atoms with Crippen molar-refractivity contribution in [1.29, 1.82) is 0 Å². The maximum Gasteiger partial charge on any atom is 0.152 e. The molecule has 0 aliphatic carbocycles. The van der Waals surface area contributed by atoms with E-state index in [0.29, 0.717) is 0 Å². The Balaban J connectivity index is 0.00000232. The third kappa shape index (κ3) is 5.47. The number of aromatic nitrogens is 1. The molecule has 1 heterocycles. The van der Waals surface area contributed by atoms with Gasteiger partial charge >= 0.3 is 0 Å². The molecule has 0 radical (unpaired) electrons. The number of H-pyrrole nitrogens is 1. The molecule has 0 fully saturated rings. The first-order valence-electron chi connectivity index (χ1n) is 8.50. The fraction of sp³-hybridized carbons (Fsp3) is 0.579. The molecule has 0 amide bonds. The second-order valence-electron chi connectivity index (χ2n) is 5.54. The molecule has 4 heteroatoms. The molecule has 2 N–H and O–H groups in total. The van der Waals surface area contributed by atoms with Gasteiger partial charge in [0.2, 0.25) is 0 Å². The Bertz CT molecular complexity index is 515. The van der Waals surface area contributed by atoms with Crippen LogP contribution in [0.2, 0.25) is 0 Å². The summed E-state index contributed by atoms with van der Waals surface area (Å²) in [7, 11) is 1.75. The molecule has 0 bridgehead atoms. The average Bonchev–Trinajstić information content (AvgIpc) is 2.96. The van der Waals surface area contributed by atoms with E-state index in [4.69, 9.17) is 0 Å².